The third-order valence-electron chi connectivity index (χ3n) is 5.27. The summed E-state index contributed by atoms with van der Waals surface area (Å²) in [5, 5.41) is 5.68. The molecule has 0 amide bonds. The van der Waals surface area contributed by atoms with E-state index in [1.807, 2.05) is 19.1 Å². The van der Waals surface area contributed by atoms with Crippen LogP contribution in [-0.4, -0.2) is 24.7 Å². The lowest BCUT2D eigenvalue weighted by Gasteiger charge is -2.10. The molecule has 0 spiro atoms. The van der Waals surface area contributed by atoms with Gasteiger partial charge in [-0.2, -0.15) is 5.10 Å². The van der Waals surface area contributed by atoms with Crippen LogP contribution in [0.4, 0.5) is 10.2 Å². The molecule has 2 aromatic carbocycles. The van der Waals surface area contributed by atoms with E-state index in [0.717, 1.165) is 26.8 Å². The molecule has 0 radical (unpaired) electrons. The fraction of sp³-hybridized carbons (Fsp3) is 0.200. The summed E-state index contributed by atoms with van der Waals surface area (Å²) in [5.74, 6) is 1.32. The molecule has 0 aliphatic rings. The maximum atomic E-state index is 14.2. The lowest BCUT2D eigenvalue weighted by Crippen LogP contribution is -2.01. The molecule has 5 rings (SSSR count). The Labute approximate surface area is 205 Å². The maximum Gasteiger partial charge on any atom is 0.153 e. The van der Waals surface area contributed by atoms with Crippen molar-refractivity contribution in [2.75, 3.05) is 5.73 Å². The Morgan fingerprint density at radius 1 is 1.03 bits per heavy atom. The van der Waals surface area contributed by atoms with Crippen LogP contribution >= 0.6 is 11.3 Å². The Morgan fingerprint density at radius 3 is 2.51 bits per heavy atom. The normalized spacial score (nSPS) is 11.3. The fourth-order valence-corrected chi connectivity index (χ4v) is 4.37. The van der Waals surface area contributed by atoms with E-state index >= 15 is 0 Å². The molecule has 5 aromatic rings. The second kappa shape index (κ2) is 9.30. The molecule has 0 aliphatic carbocycles. The van der Waals surface area contributed by atoms with Crippen molar-refractivity contribution < 1.29 is 13.9 Å². The molecule has 35 heavy (non-hydrogen) atoms. The Kier molecular flexibility index (Phi) is 6.04. The van der Waals surface area contributed by atoms with Crippen LogP contribution in [0.2, 0.25) is 0 Å². The molecular weight excluding hydrogens is 467 g/mol. The number of halogens is 1. The van der Waals surface area contributed by atoms with Gasteiger partial charge < -0.3 is 15.2 Å². The molecule has 0 saturated heterocycles. The van der Waals surface area contributed by atoms with Crippen LogP contribution in [0.3, 0.4) is 0 Å². The van der Waals surface area contributed by atoms with E-state index in [9.17, 15) is 4.39 Å². The maximum absolute atomic E-state index is 14.2. The molecule has 10 heteroatoms. The lowest BCUT2D eigenvalue weighted by atomic mass is 10.1. The summed E-state index contributed by atoms with van der Waals surface area (Å²) in [6, 6.07) is 11.5. The molecule has 3 aromatic heterocycles. The van der Waals surface area contributed by atoms with E-state index in [1.165, 1.54) is 29.8 Å². The summed E-state index contributed by atoms with van der Waals surface area (Å²) in [4.78, 5) is 13.7. The number of aryl methyl sites for hydroxylation is 1. The molecule has 178 valence electrons. The zero-order chi connectivity index (χ0) is 24.5. The first-order valence-electron chi connectivity index (χ1n) is 11.0. The molecular formula is C25H23FN6O2S. The molecule has 8 nitrogen and oxygen atoms in total. The highest BCUT2D eigenvalue weighted by Gasteiger charge is 2.18. The summed E-state index contributed by atoms with van der Waals surface area (Å²) in [7, 11) is 0. The van der Waals surface area contributed by atoms with Gasteiger partial charge in [-0.05, 0) is 37.1 Å². The van der Waals surface area contributed by atoms with Crippen molar-refractivity contribution in [3.63, 3.8) is 0 Å². The minimum absolute atomic E-state index is 0.167. The van der Waals surface area contributed by atoms with Crippen molar-refractivity contribution in [1.29, 1.82) is 0 Å². The number of thiazole rings is 1. The number of aromatic nitrogens is 5. The zero-order valence-corrected chi connectivity index (χ0v) is 20.2. The van der Waals surface area contributed by atoms with Gasteiger partial charge in [-0.1, -0.05) is 13.8 Å². The number of rotatable bonds is 7. The average Bonchev–Trinajstić information content (AvgIpc) is 3.42. The Balaban J connectivity index is 1.37. The quantitative estimate of drug-likeness (QED) is 0.308. The number of hydrogen-bond donors (Lipinski definition) is 1. The van der Waals surface area contributed by atoms with Crippen LogP contribution in [0.25, 0.3) is 16.7 Å². The third kappa shape index (κ3) is 4.78. The van der Waals surface area contributed by atoms with E-state index in [1.54, 1.807) is 29.1 Å². The van der Waals surface area contributed by atoms with Crippen LogP contribution in [0.15, 0.2) is 55.0 Å². The van der Waals surface area contributed by atoms with Crippen molar-refractivity contribution in [3.8, 4) is 22.9 Å². The van der Waals surface area contributed by atoms with Crippen LogP contribution in [-0.2, 0) is 6.61 Å². The van der Waals surface area contributed by atoms with Gasteiger partial charge in [-0.25, -0.2) is 24.0 Å². The van der Waals surface area contributed by atoms with Crippen LogP contribution in [0.5, 0.6) is 17.2 Å². The minimum Gasteiger partial charge on any atom is -0.488 e. The molecule has 3 heterocycles. The molecule has 0 fully saturated rings. The number of fused-ring (bicyclic) bond motifs is 1. The first kappa shape index (κ1) is 22.7. The van der Waals surface area contributed by atoms with Crippen molar-refractivity contribution in [2.45, 2.75) is 33.3 Å². The number of benzene rings is 2. The van der Waals surface area contributed by atoms with E-state index in [0.29, 0.717) is 35.2 Å². The van der Waals surface area contributed by atoms with E-state index in [4.69, 9.17) is 20.3 Å². The SMILES string of the molecule is Cc1ncc(COc2cc(F)cc(Oc3ccc(-n4nc(C(C)C)c5ncnc(N)c54)cc3)c2)s1. The highest BCUT2D eigenvalue weighted by atomic mass is 32.1. The molecule has 0 aliphatic heterocycles. The van der Waals surface area contributed by atoms with E-state index < -0.39 is 5.82 Å². The zero-order valence-electron chi connectivity index (χ0n) is 19.4. The lowest BCUT2D eigenvalue weighted by molar-refractivity contribution is 0.306. The monoisotopic (exact) mass is 490 g/mol. The number of nitrogen functional groups attached to an aromatic ring is 1. The summed E-state index contributed by atoms with van der Waals surface area (Å²) in [5.41, 5.74) is 9.15. The number of nitrogens with zero attached hydrogens (tertiary/aromatic N) is 5. The van der Waals surface area contributed by atoms with Gasteiger partial charge in [0.15, 0.2) is 5.82 Å². The van der Waals surface area contributed by atoms with Crippen molar-refractivity contribution >= 4 is 28.2 Å². The predicted molar refractivity (Wildman–Crippen MR) is 133 cm³/mol. The number of nitrogens with two attached hydrogens (primary N) is 1. The Bertz CT molecular complexity index is 1500. The largest absolute Gasteiger partial charge is 0.488 e. The van der Waals surface area contributed by atoms with Crippen molar-refractivity contribution in [1.82, 2.24) is 24.7 Å². The minimum atomic E-state index is -0.450. The Hall–Kier alpha value is -4.05. The summed E-state index contributed by atoms with van der Waals surface area (Å²) in [6.45, 7) is 6.34. The van der Waals surface area contributed by atoms with Gasteiger partial charge in [0.1, 0.15) is 47.0 Å². The highest BCUT2D eigenvalue weighted by Crippen LogP contribution is 2.31. The molecule has 0 bridgehead atoms. The fourth-order valence-electron chi connectivity index (χ4n) is 3.67. The van der Waals surface area contributed by atoms with Crippen LogP contribution in [0, 0.1) is 12.7 Å². The van der Waals surface area contributed by atoms with Crippen molar-refractivity contribution in [3.05, 3.63) is 76.4 Å². The van der Waals surface area contributed by atoms with Crippen molar-refractivity contribution in [2.24, 2.45) is 0 Å². The molecule has 2 N–H and O–H groups in total. The topological polar surface area (TPSA) is 101 Å². The summed E-state index contributed by atoms with van der Waals surface area (Å²) in [6.07, 6.45) is 3.20. The second-order valence-corrected chi connectivity index (χ2v) is 9.58. The molecule has 0 saturated carbocycles. The first-order valence-corrected chi connectivity index (χ1v) is 11.8. The van der Waals surface area contributed by atoms with Gasteiger partial charge >= 0.3 is 0 Å². The van der Waals surface area contributed by atoms with Gasteiger partial charge in [0.05, 0.1) is 21.3 Å². The smallest absolute Gasteiger partial charge is 0.153 e. The third-order valence-corrected chi connectivity index (χ3v) is 6.16. The van der Waals surface area contributed by atoms with Gasteiger partial charge in [-0.3, -0.25) is 0 Å². The highest BCUT2D eigenvalue weighted by molar-refractivity contribution is 7.11. The van der Waals surface area contributed by atoms with Crippen LogP contribution < -0.4 is 15.2 Å². The molecule has 0 unspecified atom stereocenters. The Morgan fingerprint density at radius 2 is 1.80 bits per heavy atom. The van der Waals surface area contributed by atoms with Gasteiger partial charge in [-0.15, -0.1) is 11.3 Å². The van der Waals surface area contributed by atoms with Crippen LogP contribution in [0.1, 0.15) is 35.3 Å². The molecule has 0 atom stereocenters. The number of anilines is 1. The predicted octanol–water partition coefficient (Wildman–Crippen LogP) is 5.80. The van der Waals surface area contributed by atoms with Gasteiger partial charge in [0, 0.05) is 24.4 Å². The van der Waals surface area contributed by atoms with Gasteiger partial charge in [0.2, 0.25) is 0 Å². The summed E-state index contributed by atoms with van der Waals surface area (Å²) < 4.78 is 27.6. The first-order chi connectivity index (χ1) is 16.9. The number of ether oxygens (including phenoxy) is 2. The summed E-state index contributed by atoms with van der Waals surface area (Å²) >= 11 is 1.54. The van der Waals surface area contributed by atoms with E-state index in [-0.39, 0.29) is 5.92 Å². The van der Waals surface area contributed by atoms with E-state index in [2.05, 4.69) is 28.8 Å². The van der Waals surface area contributed by atoms with Gasteiger partial charge in [0.25, 0.3) is 0 Å². The number of hydrogen-bond acceptors (Lipinski definition) is 8. The average molecular weight is 491 g/mol. The standard InChI is InChI=1S/C25H23FN6O2S/c1-14(2)22-23-24(25(27)30-13-29-23)32(31-22)17-4-6-18(7-5-17)34-20-9-16(26)8-19(10-20)33-12-21-11-28-15(3)35-21/h4-11,13-14H,12H2,1-3H3,(H2,27,29,30). The second-order valence-electron chi connectivity index (χ2n) is 8.26.